The van der Waals surface area contributed by atoms with Gasteiger partial charge >= 0.3 is 5.97 Å². The molecule has 0 saturated carbocycles. The molecule has 1 heterocycles. The first-order valence-electron chi connectivity index (χ1n) is 3.37. The molecule has 0 saturated heterocycles. The van der Waals surface area contributed by atoms with E-state index in [1.165, 1.54) is 11.8 Å². The van der Waals surface area contributed by atoms with Crippen molar-refractivity contribution in [3.63, 3.8) is 0 Å². The molecule has 0 amide bonds. The Balaban J connectivity index is 2.96. The monoisotopic (exact) mass is 170 g/mol. The Bertz CT molecular complexity index is 294. The van der Waals surface area contributed by atoms with Gasteiger partial charge in [-0.3, -0.25) is 4.68 Å². The van der Waals surface area contributed by atoms with Gasteiger partial charge in [0.1, 0.15) is 5.82 Å². The molecule has 1 aromatic heterocycles. The van der Waals surface area contributed by atoms with Crippen LogP contribution >= 0.6 is 0 Å². The van der Waals surface area contributed by atoms with E-state index < -0.39 is 5.97 Å². The normalized spacial score (nSPS) is 9.92. The summed E-state index contributed by atoms with van der Waals surface area (Å²) in [4.78, 5) is 14.7. The second-order valence-electron chi connectivity index (χ2n) is 2.17. The van der Waals surface area contributed by atoms with Crippen LogP contribution in [0.3, 0.4) is 0 Å². The molecule has 0 spiro atoms. The molecule has 1 rings (SSSR count). The lowest BCUT2D eigenvalue weighted by Gasteiger charge is -1.90. The molecular weight excluding hydrogens is 160 g/mol. The molecule has 0 unspecified atom stereocenters. The van der Waals surface area contributed by atoms with E-state index in [9.17, 15) is 4.79 Å². The highest BCUT2D eigenvalue weighted by Crippen LogP contribution is 1.96. The zero-order valence-corrected chi connectivity index (χ0v) is 6.94. The molecule has 1 aromatic rings. The van der Waals surface area contributed by atoms with E-state index in [0.717, 1.165) is 0 Å². The highest BCUT2D eigenvalue weighted by Gasteiger charge is 2.13. The molecule has 66 valence electrons. The molecule has 0 aromatic carbocycles. The smallest absolute Gasteiger partial charge is 0.377 e. The van der Waals surface area contributed by atoms with Gasteiger partial charge in [-0.25, -0.2) is 9.78 Å². The second-order valence-corrected chi connectivity index (χ2v) is 2.17. The fourth-order valence-corrected chi connectivity index (χ4v) is 0.772. The van der Waals surface area contributed by atoms with E-state index in [1.54, 1.807) is 7.05 Å². The van der Waals surface area contributed by atoms with E-state index in [-0.39, 0.29) is 12.4 Å². The predicted molar refractivity (Wildman–Crippen MR) is 40.2 cm³/mol. The van der Waals surface area contributed by atoms with Gasteiger partial charge in [-0.2, -0.15) is 0 Å². The number of nitrogens with zero attached hydrogens (tertiary/aromatic N) is 3. The summed E-state index contributed by atoms with van der Waals surface area (Å²) < 4.78 is 5.88. The van der Waals surface area contributed by atoms with Crippen molar-refractivity contribution in [1.29, 1.82) is 0 Å². The highest BCUT2D eigenvalue weighted by atomic mass is 16.5. The average molecular weight is 170 g/mol. The number of ether oxygens (including phenoxy) is 1. The summed E-state index contributed by atoms with van der Waals surface area (Å²) in [6, 6.07) is 0. The number of carbonyl (C=O) groups is 1. The number of aromatic nitrogens is 3. The van der Waals surface area contributed by atoms with Crippen molar-refractivity contribution in [2.75, 3.05) is 7.11 Å². The van der Waals surface area contributed by atoms with Gasteiger partial charge < -0.3 is 10.5 Å². The first kappa shape index (κ1) is 8.66. The minimum atomic E-state index is -0.551. The zero-order valence-electron chi connectivity index (χ0n) is 6.94. The Hall–Kier alpha value is -1.43. The molecule has 6 nitrogen and oxygen atoms in total. The number of aryl methyl sites for hydroxylation is 1. The van der Waals surface area contributed by atoms with Gasteiger partial charge in [0, 0.05) is 7.05 Å². The minimum absolute atomic E-state index is 0.0421. The Morgan fingerprint density at radius 3 is 2.83 bits per heavy atom. The van der Waals surface area contributed by atoms with Crippen molar-refractivity contribution in [1.82, 2.24) is 14.8 Å². The summed E-state index contributed by atoms with van der Waals surface area (Å²) in [7, 11) is 2.95. The number of rotatable bonds is 2. The topological polar surface area (TPSA) is 83.0 Å². The standard InChI is InChI=1S/C6H10N4O2/c1-10-4(3-7)8-5(9-10)6(11)12-2/h3,7H2,1-2H3. The first-order chi connectivity index (χ1) is 5.69. The van der Waals surface area contributed by atoms with Crippen molar-refractivity contribution in [3.8, 4) is 0 Å². The lowest BCUT2D eigenvalue weighted by atomic mass is 10.6. The lowest BCUT2D eigenvalue weighted by molar-refractivity contribution is 0.0586. The van der Waals surface area contributed by atoms with Crippen LogP contribution in [0.5, 0.6) is 0 Å². The van der Waals surface area contributed by atoms with E-state index >= 15 is 0 Å². The first-order valence-corrected chi connectivity index (χ1v) is 3.37. The van der Waals surface area contributed by atoms with Crippen LogP contribution in [0, 0.1) is 0 Å². The van der Waals surface area contributed by atoms with Gasteiger partial charge in [0.15, 0.2) is 0 Å². The third kappa shape index (κ3) is 1.42. The van der Waals surface area contributed by atoms with Gasteiger partial charge in [-0.15, -0.1) is 5.10 Å². The summed E-state index contributed by atoms with van der Waals surface area (Å²) in [5, 5.41) is 3.80. The highest BCUT2D eigenvalue weighted by molar-refractivity contribution is 5.84. The third-order valence-corrected chi connectivity index (χ3v) is 1.40. The SMILES string of the molecule is COC(=O)c1nc(CN)n(C)n1. The van der Waals surface area contributed by atoms with Crippen LogP contribution in [-0.2, 0) is 18.3 Å². The molecule has 0 fully saturated rings. The zero-order chi connectivity index (χ0) is 9.14. The Morgan fingerprint density at radius 2 is 2.42 bits per heavy atom. The summed E-state index contributed by atoms with van der Waals surface area (Å²) in [6.07, 6.45) is 0. The van der Waals surface area contributed by atoms with Crippen LogP contribution in [-0.4, -0.2) is 27.8 Å². The van der Waals surface area contributed by atoms with Gasteiger partial charge in [0.05, 0.1) is 13.7 Å². The van der Waals surface area contributed by atoms with Crippen LogP contribution in [0.4, 0.5) is 0 Å². The van der Waals surface area contributed by atoms with Crippen molar-refractivity contribution in [2.45, 2.75) is 6.54 Å². The van der Waals surface area contributed by atoms with Gasteiger partial charge in [0.25, 0.3) is 5.82 Å². The Labute approximate surface area is 69.3 Å². The Morgan fingerprint density at radius 1 is 1.75 bits per heavy atom. The molecule has 0 aliphatic carbocycles. The summed E-state index contributed by atoms with van der Waals surface area (Å²) in [5.41, 5.74) is 5.33. The van der Waals surface area contributed by atoms with Crippen molar-refractivity contribution in [3.05, 3.63) is 11.6 Å². The molecule has 0 aliphatic rings. The second kappa shape index (κ2) is 3.31. The van der Waals surface area contributed by atoms with Crippen molar-refractivity contribution < 1.29 is 9.53 Å². The number of nitrogens with two attached hydrogens (primary N) is 1. The van der Waals surface area contributed by atoms with Gasteiger partial charge in [-0.1, -0.05) is 0 Å². The maximum Gasteiger partial charge on any atom is 0.377 e. The number of carbonyl (C=O) groups excluding carboxylic acids is 1. The Kier molecular flexibility index (Phi) is 2.39. The average Bonchev–Trinajstić information content (AvgIpc) is 2.45. The maximum atomic E-state index is 10.9. The van der Waals surface area contributed by atoms with E-state index in [4.69, 9.17) is 5.73 Å². The number of esters is 1. The fraction of sp³-hybridized carbons (Fsp3) is 0.500. The van der Waals surface area contributed by atoms with Crippen LogP contribution in [0.25, 0.3) is 0 Å². The number of hydrogen-bond donors (Lipinski definition) is 1. The fourth-order valence-electron chi connectivity index (χ4n) is 0.772. The lowest BCUT2D eigenvalue weighted by Crippen LogP contribution is -2.05. The van der Waals surface area contributed by atoms with Gasteiger partial charge in [0.2, 0.25) is 0 Å². The summed E-state index contributed by atoms with van der Waals surface area (Å²) in [6.45, 7) is 0.250. The molecule has 6 heteroatoms. The van der Waals surface area contributed by atoms with Gasteiger partial charge in [-0.05, 0) is 0 Å². The summed E-state index contributed by atoms with van der Waals surface area (Å²) in [5.74, 6) is 0.0427. The molecule has 0 bridgehead atoms. The molecule has 0 radical (unpaired) electrons. The largest absolute Gasteiger partial charge is 0.463 e. The van der Waals surface area contributed by atoms with Crippen LogP contribution in [0.1, 0.15) is 16.4 Å². The molecule has 0 atom stereocenters. The maximum absolute atomic E-state index is 10.9. The molecule has 12 heavy (non-hydrogen) atoms. The number of methoxy groups -OCH3 is 1. The summed E-state index contributed by atoms with van der Waals surface area (Å²) >= 11 is 0. The van der Waals surface area contributed by atoms with Crippen LogP contribution in [0.15, 0.2) is 0 Å². The van der Waals surface area contributed by atoms with Crippen LogP contribution in [0.2, 0.25) is 0 Å². The van der Waals surface area contributed by atoms with E-state index in [0.29, 0.717) is 5.82 Å². The van der Waals surface area contributed by atoms with E-state index in [2.05, 4.69) is 14.8 Å². The van der Waals surface area contributed by atoms with Crippen LogP contribution < -0.4 is 5.73 Å². The molecule has 2 N–H and O–H groups in total. The third-order valence-electron chi connectivity index (χ3n) is 1.40. The predicted octanol–water partition coefficient (Wildman–Crippen LogP) is -0.940. The quantitative estimate of drug-likeness (QED) is 0.579. The van der Waals surface area contributed by atoms with Crippen molar-refractivity contribution >= 4 is 5.97 Å². The molecular formula is C6H10N4O2. The van der Waals surface area contributed by atoms with E-state index in [1.807, 2.05) is 0 Å². The minimum Gasteiger partial charge on any atom is -0.463 e. The van der Waals surface area contributed by atoms with Crippen molar-refractivity contribution in [2.24, 2.45) is 12.8 Å². The molecule has 0 aliphatic heterocycles. The number of hydrogen-bond acceptors (Lipinski definition) is 5.